The molecule has 1 saturated heterocycles. The second-order valence-electron chi connectivity index (χ2n) is 6.92. The Bertz CT molecular complexity index is 781. The SMILES string of the molecule is CC1(C)OB(c2c(C=N)c(NPI)cc3ccccc23)OC1(C)C. The van der Waals surface area contributed by atoms with Gasteiger partial charge in [-0.1, -0.05) is 24.3 Å². The number of hydrogen-bond acceptors (Lipinski definition) is 4. The van der Waals surface area contributed by atoms with Gasteiger partial charge in [0.1, 0.15) is 0 Å². The molecule has 1 fully saturated rings. The number of anilines is 1. The number of fused-ring (bicyclic) bond motifs is 1. The van der Waals surface area contributed by atoms with Crippen LogP contribution >= 0.6 is 28.4 Å². The van der Waals surface area contributed by atoms with Gasteiger partial charge in [0, 0.05) is 29.3 Å². The van der Waals surface area contributed by atoms with Crippen LogP contribution in [-0.4, -0.2) is 24.5 Å². The van der Waals surface area contributed by atoms with Crippen molar-refractivity contribution in [2.24, 2.45) is 0 Å². The molecule has 1 aliphatic rings. The van der Waals surface area contributed by atoms with Crippen LogP contribution in [0.5, 0.6) is 0 Å². The Morgan fingerprint density at radius 1 is 1.17 bits per heavy atom. The van der Waals surface area contributed by atoms with Crippen LogP contribution in [0.15, 0.2) is 30.3 Å². The fourth-order valence-electron chi connectivity index (χ4n) is 2.92. The lowest BCUT2D eigenvalue weighted by molar-refractivity contribution is 0.00578. The van der Waals surface area contributed by atoms with Gasteiger partial charge in [-0.15, -0.1) is 0 Å². The van der Waals surface area contributed by atoms with E-state index in [0.29, 0.717) is 6.37 Å². The lowest BCUT2D eigenvalue weighted by Crippen LogP contribution is -2.41. The number of halogens is 1. The minimum Gasteiger partial charge on any atom is -0.399 e. The second kappa shape index (κ2) is 6.56. The van der Waals surface area contributed by atoms with Crippen molar-refractivity contribution in [2.45, 2.75) is 38.9 Å². The minimum atomic E-state index is -0.490. The highest BCUT2D eigenvalue weighted by Crippen LogP contribution is 2.38. The van der Waals surface area contributed by atoms with Crippen LogP contribution in [0.1, 0.15) is 33.3 Å². The number of benzene rings is 2. The van der Waals surface area contributed by atoms with E-state index in [0.717, 1.165) is 27.5 Å². The van der Waals surface area contributed by atoms with Crippen LogP contribution in [-0.2, 0) is 9.31 Å². The summed E-state index contributed by atoms with van der Waals surface area (Å²) in [5.74, 6) is 0. The zero-order valence-electron chi connectivity index (χ0n) is 14.2. The molecule has 1 heterocycles. The summed E-state index contributed by atoms with van der Waals surface area (Å²) in [4.78, 5) is 0. The summed E-state index contributed by atoms with van der Waals surface area (Å²) >= 11 is 2.30. The highest BCUT2D eigenvalue weighted by molar-refractivity contribution is 14.2. The summed E-state index contributed by atoms with van der Waals surface area (Å²) in [6.45, 7) is 8.20. The van der Waals surface area contributed by atoms with Crippen molar-refractivity contribution < 1.29 is 9.31 Å². The van der Waals surface area contributed by atoms with Gasteiger partial charge in [0.15, 0.2) is 0 Å². The number of rotatable bonds is 4. The molecule has 1 aliphatic heterocycles. The Hall–Kier alpha value is -0.685. The van der Waals surface area contributed by atoms with Crippen molar-refractivity contribution in [3.05, 3.63) is 35.9 Å². The predicted octanol–water partition coefficient (Wildman–Crippen LogP) is 4.49. The zero-order valence-corrected chi connectivity index (χ0v) is 17.4. The summed E-state index contributed by atoms with van der Waals surface area (Å²) in [6, 6.07) is 10.3. The normalized spacial score (nSPS) is 19.3. The molecule has 1 atom stereocenters. The van der Waals surface area contributed by atoms with Crippen LogP contribution in [0, 0.1) is 5.41 Å². The Morgan fingerprint density at radius 2 is 1.79 bits per heavy atom. The monoisotopic (exact) mass is 454 g/mol. The van der Waals surface area contributed by atoms with Gasteiger partial charge < -0.3 is 19.8 Å². The summed E-state index contributed by atoms with van der Waals surface area (Å²) in [7, 11) is -0.490. The van der Waals surface area contributed by atoms with E-state index >= 15 is 0 Å². The molecular formula is C17H21BIN2O2P. The van der Waals surface area contributed by atoms with Crippen molar-refractivity contribution in [3.8, 4) is 0 Å². The summed E-state index contributed by atoms with van der Waals surface area (Å²) in [5.41, 5.74) is 1.88. The van der Waals surface area contributed by atoms with E-state index in [1.54, 1.807) is 0 Å². The molecule has 2 N–H and O–H groups in total. The van der Waals surface area contributed by atoms with Crippen LogP contribution in [0.4, 0.5) is 5.69 Å². The van der Waals surface area contributed by atoms with Gasteiger partial charge in [0.25, 0.3) is 0 Å². The van der Waals surface area contributed by atoms with E-state index in [1.807, 2.05) is 39.8 Å². The maximum Gasteiger partial charge on any atom is 0.496 e. The van der Waals surface area contributed by atoms with Crippen LogP contribution in [0.2, 0.25) is 0 Å². The molecule has 2 aromatic rings. The maximum atomic E-state index is 7.97. The van der Waals surface area contributed by atoms with Crippen LogP contribution in [0.3, 0.4) is 0 Å². The molecule has 0 aliphatic carbocycles. The molecule has 24 heavy (non-hydrogen) atoms. The van der Waals surface area contributed by atoms with E-state index in [2.05, 4.69) is 45.3 Å². The standard InChI is InChI=1S/C17H21BIN2O2P/c1-16(2)17(3,4)23-18(22-16)15-12-8-6-5-7-11(12)9-14(21-24-19)13(15)10-20/h5-10,20-21,24H,1-4H3. The zero-order chi connectivity index (χ0) is 17.5. The topological polar surface area (TPSA) is 54.3 Å². The molecule has 0 saturated carbocycles. The fourth-order valence-corrected chi connectivity index (χ4v) is 4.10. The molecule has 0 radical (unpaired) electrons. The van der Waals surface area contributed by atoms with Crippen LogP contribution < -0.4 is 10.6 Å². The number of hydrogen-bond donors (Lipinski definition) is 2. The lowest BCUT2D eigenvalue weighted by atomic mass is 9.72. The summed E-state index contributed by atoms with van der Waals surface area (Å²) in [6.07, 6.45) is 1.92. The first kappa shape index (κ1) is 18.1. The number of nitrogens with one attached hydrogen (secondary N) is 2. The maximum absolute atomic E-state index is 7.97. The van der Waals surface area contributed by atoms with Crippen molar-refractivity contribution >= 4 is 63.7 Å². The molecule has 0 bridgehead atoms. The van der Waals surface area contributed by atoms with Crippen molar-refractivity contribution in [2.75, 3.05) is 5.09 Å². The molecule has 0 aromatic heterocycles. The van der Waals surface area contributed by atoms with Crippen molar-refractivity contribution in [1.82, 2.24) is 0 Å². The van der Waals surface area contributed by atoms with Crippen molar-refractivity contribution in [3.63, 3.8) is 0 Å². The van der Waals surface area contributed by atoms with Gasteiger partial charge in [-0.2, -0.15) is 0 Å². The first-order chi connectivity index (χ1) is 11.3. The minimum absolute atomic E-state index is 0.410. The molecule has 4 nitrogen and oxygen atoms in total. The molecule has 2 aromatic carbocycles. The van der Waals surface area contributed by atoms with Gasteiger partial charge in [-0.3, -0.25) is 0 Å². The first-order valence-electron chi connectivity index (χ1n) is 7.84. The van der Waals surface area contributed by atoms with E-state index in [-0.39, 0.29) is 0 Å². The Balaban J connectivity index is 2.24. The molecule has 0 amide bonds. The van der Waals surface area contributed by atoms with Crippen LogP contribution in [0.25, 0.3) is 10.8 Å². The molecular weight excluding hydrogens is 433 g/mol. The molecule has 7 heteroatoms. The molecule has 0 spiro atoms. The summed E-state index contributed by atoms with van der Waals surface area (Å²) < 4.78 is 12.6. The average molecular weight is 454 g/mol. The molecule has 1 unspecified atom stereocenters. The molecule has 3 rings (SSSR count). The summed E-state index contributed by atoms with van der Waals surface area (Å²) in [5, 5.41) is 13.5. The smallest absolute Gasteiger partial charge is 0.399 e. The fraction of sp³-hybridized carbons (Fsp3) is 0.353. The Kier molecular flexibility index (Phi) is 4.95. The van der Waals surface area contributed by atoms with Gasteiger partial charge >= 0.3 is 7.12 Å². The van der Waals surface area contributed by atoms with Gasteiger partial charge in [-0.25, -0.2) is 0 Å². The predicted molar refractivity (Wildman–Crippen MR) is 114 cm³/mol. The third-order valence-corrected chi connectivity index (χ3v) is 6.12. The van der Waals surface area contributed by atoms with Crippen molar-refractivity contribution in [1.29, 1.82) is 5.41 Å². The second-order valence-corrected chi connectivity index (χ2v) is 8.98. The Morgan fingerprint density at radius 3 is 2.38 bits per heavy atom. The van der Waals surface area contributed by atoms with Gasteiger partial charge in [0.05, 0.1) is 11.2 Å². The quantitative estimate of drug-likeness (QED) is 0.310. The molecule has 126 valence electrons. The highest BCUT2D eigenvalue weighted by Gasteiger charge is 2.52. The van der Waals surface area contributed by atoms with Gasteiger partial charge in [0.2, 0.25) is 0 Å². The third-order valence-electron chi connectivity index (χ3n) is 4.95. The Labute approximate surface area is 158 Å². The van der Waals surface area contributed by atoms with E-state index < -0.39 is 18.3 Å². The lowest BCUT2D eigenvalue weighted by Gasteiger charge is -2.32. The van der Waals surface area contributed by atoms with E-state index in [1.165, 1.54) is 6.21 Å². The average Bonchev–Trinajstić information content (AvgIpc) is 2.74. The van der Waals surface area contributed by atoms with E-state index in [9.17, 15) is 0 Å². The third kappa shape index (κ3) is 2.98. The van der Waals surface area contributed by atoms with Gasteiger partial charge in [-0.05, 0) is 66.6 Å². The highest BCUT2D eigenvalue weighted by atomic mass is 127. The van der Waals surface area contributed by atoms with E-state index in [4.69, 9.17) is 14.7 Å². The largest absolute Gasteiger partial charge is 0.496 e. The first-order valence-corrected chi connectivity index (χ1v) is 12.0.